The van der Waals surface area contributed by atoms with Gasteiger partial charge in [0.1, 0.15) is 19.3 Å². The molecule has 0 aromatic heterocycles. The number of rotatable bonds is 45. The van der Waals surface area contributed by atoms with Crippen molar-refractivity contribution in [2.45, 2.75) is 193 Å². The van der Waals surface area contributed by atoms with E-state index >= 15 is 0 Å². The maximum atomic E-state index is 12.9. The highest BCUT2D eigenvalue weighted by molar-refractivity contribution is 7.45. The summed E-state index contributed by atoms with van der Waals surface area (Å²) in [5, 5.41) is 24.6. The lowest BCUT2D eigenvalue weighted by Crippen LogP contribution is -2.51. The molecule has 0 aliphatic rings. The zero-order valence-electron chi connectivity index (χ0n) is 42.9. The van der Waals surface area contributed by atoms with Gasteiger partial charge in [0.05, 0.1) is 39.9 Å². The zero-order chi connectivity index (χ0) is 49.4. The molecule has 67 heavy (non-hydrogen) atoms. The van der Waals surface area contributed by atoms with Crippen LogP contribution in [-0.4, -0.2) is 79.8 Å². The number of unbranched alkanes of at least 4 members (excludes halogenated alkanes) is 12. The van der Waals surface area contributed by atoms with Crippen LogP contribution in [0.15, 0.2) is 122 Å². The number of amides is 1. The Morgan fingerprint density at radius 3 is 1.45 bits per heavy atom. The predicted molar refractivity (Wildman–Crippen MR) is 285 cm³/mol. The number of quaternary nitrogens is 1. The summed E-state index contributed by atoms with van der Waals surface area (Å²) in [6.45, 7) is 4.05. The molecule has 0 bridgehead atoms. The third-order valence-electron chi connectivity index (χ3n) is 10.8. The lowest BCUT2D eigenvalue weighted by Gasteiger charge is -2.31. The van der Waals surface area contributed by atoms with E-state index < -0.39 is 32.7 Å². The van der Waals surface area contributed by atoms with E-state index in [0.717, 1.165) is 103 Å². The number of nitrogens with zero attached hydrogens (tertiary/aromatic N) is 1. The maximum Gasteiger partial charge on any atom is 0.268 e. The van der Waals surface area contributed by atoms with Crippen molar-refractivity contribution >= 4 is 13.7 Å². The van der Waals surface area contributed by atoms with Gasteiger partial charge in [-0.2, -0.15) is 0 Å². The third-order valence-corrected chi connectivity index (χ3v) is 11.8. The van der Waals surface area contributed by atoms with E-state index in [1.165, 1.54) is 32.1 Å². The summed E-state index contributed by atoms with van der Waals surface area (Å²) in [6.07, 6.45) is 65.5. The second-order valence-electron chi connectivity index (χ2n) is 18.3. The molecule has 0 saturated heterocycles. The van der Waals surface area contributed by atoms with E-state index in [4.69, 9.17) is 9.05 Å². The molecule has 0 radical (unpaired) electrons. The van der Waals surface area contributed by atoms with Crippen LogP contribution >= 0.6 is 7.82 Å². The molecule has 0 aliphatic heterocycles. The van der Waals surface area contributed by atoms with E-state index in [1.807, 2.05) is 28.1 Å². The van der Waals surface area contributed by atoms with Gasteiger partial charge in [-0.25, -0.2) is 0 Å². The number of carbonyl (C=O) groups excluding carboxylic acids is 1. The second kappa shape index (κ2) is 46.6. The molecular formula is C57H97N2O7P. The highest BCUT2D eigenvalue weighted by atomic mass is 31.2. The smallest absolute Gasteiger partial charge is 0.268 e. The number of nitrogens with one attached hydrogen (secondary N) is 1. The van der Waals surface area contributed by atoms with Crippen LogP contribution in [0.25, 0.3) is 0 Å². The zero-order valence-corrected chi connectivity index (χ0v) is 43.8. The number of aliphatic hydroxyl groups is 2. The van der Waals surface area contributed by atoms with Crippen LogP contribution in [0.2, 0.25) is 0 Å². The first-order chi connectivity index (χ1) is 32.4. The minimum absolute atomic E-state index is 0.0583. The predicted octanol–water partition coefficient (Wildman–Crippen LogP) is 13.8. The van der Waals surface area contributed by atoms with Crippen LogP contribution in [0, 0.1) is 0 Å². The first kappa shape index (κ1) is 63.9. The maximum absolute atomic E-state index is 12.9. The van der Waals surface area contributed by atoms with Crippen molar-refractivity contribution in [3.63, 3.8) is 0 Å². The molecule has 0 aromatic rings. The van der Waals surface area contributed by atoms with Crippen LogP contribution in [0.5, 0.6) is 0 Å². The van der Waals surface area contributed by atoms with Crippen molar-refractivity contribution in [3.8, 4) is 0 Å². The summed E-state index contributed by atoms with van der Waals surface area (Å²) in [7, 11) is 1.07. The molecule has 3 N–H and O–H groups in total. The standard InChI is InChI=1S/C57H97N2O7P/c1-6-8-10-12-14-16-18-20-21-22-23-24-25-26-27-28-29-30-31-32-33-34-35-36-37-38-40-42-44-46-48-50-56(61)58-54(53-66-67(63,64)65-52-51-59(3,4)5)57(62)55(60)49-47-45-43-41-39-19-17-15-13-11-9-7-2/h7-10,14-17,20-21,23-24,26-27,29-30,32-33,41,43,54-55,57,60,62H,6,11-13,18-19,22,25,28,31,34-40,42,44-53H2,1-5H3,(H-,58,61,63,64)/b9-7+,10-8-,16-14-,17-15+,21-20-,24-23-,27-26-,30-29-,33-32-,43-41+. The van der Waals surface area contributed by atoms with Crippen LogP contribution in [0.4, 0.5) is 0 Å². The number of carbonyl (C=O) groups is 1. The highest BCUT2D eigenvalue weighted by Gasteiger charge is 2.29. The molecule has 382 valence electrons. The van der Waals surface area contributed by atoms with Crippen molar-refractivity contribution in [2.75, 3.05) is 40.9 Å². The Morgan fingerprint density at radius 2 is 0.970 bits per heavy atom. The van der Waals surface area contributed by atoms with Crippen LogP contribution in [0.3, 0.4) is 0 Å². The average molecular weight is 953 g/mol. The second-order valence-corrected chi connectivity index (χ2v) is 19.7. The first-order valence-electron chi connectivity index (χ1n) is 25.9. The van der Waals surface area contributed by atoms with Gasteiger partial charge in [-0.05, 0) is 116 Å². The summed E-state index contributed by atoms with van der Waals surface area (Å²) in [4.78, 5) is 25.5. The van der Waals surface area contributed by atoms with E-state index in [2.05, 4.69) is 134 Å². The van der Waals surface area contributed by atoms with Gasteiger partial charge in [0.15, 0.2) is 0 Å². The van der Waals surface area contributed by atoms with Gasteiger partial charge in [-0.3, -0.25) is 9.36 Å². The molecule has 4 atom stereocenters. The first-order valence-corrected chi connectivity index (χ1v) is 27.4. The molecule has 0 aromatic carbocycles. The molecule has 0 aliphatic carbocycles. The highest BCUT2D eigenvalue weighted by Crippen LogP contribution is 2.38. The Bertz CT molecular complexity index is 1520. The number of phosphoric acid groups is 1. The molecule has 1 amide bonds. The van der Waals surface area contributed by atoms with E-state index in [-0.39, 0.29) is 18.9 Å². The summed E-state index contributed by atoms with van der Waals surface area (Å²) < 4.78 is 23.2. The lowest BCUT2D eigenvalue weighted by molar-refractivity contribution is -0.870. The third kappa shape index (κ3) is 47.7. The summed E-state index contributed by atoms with van der Waals surface area (Å²) in [5.41, 5.74) is 0. The van der Waals surface area contributed by atoms with Crippen molar-refractivity contribution < 1.29 is 38.0 Å². The molecule has 0 heterocycles. The van der Waals surface area contributed by atoms with Crippen LogP contribution in [0.1, 0.15) is 174 Å². The molecule has 9 nitrogen and oxygen atoms in total. The Morgan fingerprint density at radius 1 is 0.567 bits per heavy atom. The number of hydrogen-bond acceptors (Lipinski definition) is 7. The number of likely N-dealkylation sites (N-methyl/N-ethyl adjacent to an activating group) is 1. The molecule has 4 unspecified atom stereocenters. The van der Waals surface area contributed by atoms with Crippen LogP contribution < -0.4 is 10.2 Å². The van der Waals surface area contributed by atoms with Crippen LogP contribution in [-0.2, 0) is 18.4 Å². The number of hydrogen-bond donors (Lipinski definition) is 3. The molecule has 0 rings (SSSR count). The molecular weight excluding hydrogens is 856 g/mol. The summed E-state index contributed by atoms with van der Waals surface area (Å²) in [6, 6.07) is -1.11. The molecule has 10 heteroatoms. The van der Waals surface area contributed by atoms with Gasteiger partial charge in [0.2, 0.25) is 5.91 Å². The molecule has 0 fully saturated rings. The average Bonchev–Trinajstić information content (AvgIpc) is 3.29. The van der Waals surface area contributed by atoms with Crippen molar-refractivity contribution in [3.05, 3.63) is 122 Å². The van der Waals surface area contributed by atoms with Gasteiger partial charge in [0.25, 0.3) is 7.82 Å². The number of phosphoric ester groups is 1. The normalized spacial score (nSPS) is 15.5. The van der Waals surface area contributed by atoms with Crippen molar-refractivity contribution in [2.24, 2.45) is 0 Å². The Labute approximate surface area is 410 Å². The SMILES string of the molecule is C/C=C/CC/C=C/CC/C=C/CCCC(O)C(O)C(COP(=O)([O-])OCC[N+](C)(C)C)NC(=O)CCCCCCCCCCC/C=C\C/C=C\C/C=C\C/C=C\C/C=C\C/C=C\C/C=C\CC. The van der Waals surface area contributed by atoms with Crippen molar-refractivity contribution in [1.82, 2.24) is 5.32 Å². The Hall–Kier alpha value is -3.14. The van der Waals surface area contributed by atoms with Gasteiger partial charge in [-0.1, -0.05) is 173 Å². The Kier molecular flexibility index (Phi) is 44.4. The minimum atomic E-state index is -4.69. The fraction of sp³-hybridized carbons (Fsp3) is 0.632. The van der Waals surface area contributed by atoms with Gasteiger partial charge in [0, 0.05) is 6.42 Å². The fourth-order valence-corrected chi connectivity index (χ4v) is 7.47. The Balaban J connectivity index is 4.31. The van der Waals surface area contributed by atoms with Gasteiger partial charge in [-0.15, -0.1) is 0 Å². The van der Waals surface area contributed by atoms with Gasteiger partial charge >= 0.3 is 0 Å². The number of allylic oxidation sites excluding steroid dienone is 20. The van der Waals surface area contributed by atoms with Crippen molar-refractivity contribution in [1.29, 1.82) is 0 Å². The number of aliphatic hydroxyl groups excluding tert-OH is 2. The molecule has 0 spiro atoms. The van der Waals surface area contributed by atoms with E-state index in [1.54, 1.807) is 0 Å². The summed E-state index contributed by atoms with van der Waals surface area (Å²) >= 11 is 0. The van der Waals surface area contributed by atoms with E-state index in [0.29, 0.717) is 30.3 Å². The fourth-order valence-electron chi connectivity index (χ4n) is 6.74. The molecule has 0 saturated carbocycles. The largest absolute Gasteiger partial charge is 0.756 e. The van der Waals surface area contributed by atoms with E-state index in [9.17, 15) is 24.5 Å². The quantitative estimate of drug-likeness (QED) is 0.0240. The lowest BCUT2D eigenvalue weighted by atomic mass is 10.0. The topological polar surface area (TPSA) is 128 Å². The monoisotopic (exact) mass is 953 g/mol. The minimum Gasteiger partial charge on any atom is -0.756 e. The summed E-state index contributed by atoms with van der Waals surface area (Å²) in [5.74, 6) is -0.309. The van der Waals surface area contributed by atoms with Gasteiger partial charge < -0.3 is 34.0 Å².